The van der Waals surface area contributed by atoms with E-state index >= 15 is 0 Å². The number of carbonyl (C=O) groups is 1. The first kappa shape index (κ1) is 13.6. The van der Waals surface area contributed by atoms with Gasteiger partial charge < -0.3 is 16.2 Å². The van der Waals surface area contributed by atoms with Crippen LogP contribution in [0.1, 0.15) is 10.4 Å². The number of pyridine rings is 1. The van der Waals surface area contributed by atoms with Gasteiger partial charge in [-0.15, -0.1) is 0 Å². The molecule has 0 bridgehead atoms. The van der Waals surface area contributed by atoms with Crippen molar-refractivity contribution >= 4 is 44.9 Å². The Bertz CT molecular complexity index is 632. The zero-order chi connectivity index (χ0) is 14.0. The second kappa shape index (κ2) is 5.46. The van der Waals surface area contributed by atoms with E-state index in [1.807, 2.05) is 0 Å². The molecule has 1 aromatic carbocycles. The van der Waals surface area contributed by atoms with Crippen LogP contribution in [-0.2, 0) is 0 Å². The molecule has 0 fully saturated rings. The van der Waals surface area contributed by atoms with Gasteiger partial charge in [0.2, 0.25) is 0 Å². The molecular formula is C12H9BrClN3O2. The van der Waals surface area contributed by atoms with Crippen LogP contribution >= 0.6 is 27.5 Å². The average molecular weight is 343 g/mol. The fraction of sp³-hybridized carbons (Fsp3) is 0. The van der Waals surface area contributed by atoms with Crippen molar-refractivity contribution < 1.29 is 9.90 Å². The summed E-state index contributed by atoms with van der Waals surface area (Å²) in [5.74, 6) is -0.291. The lowest BCUT2D eigenvalue weighted by Crippen LogP contribution is -2.15. The first-order chi connectivity index (χ1) is 8.97. The monoisotopic (exact) mass is 341 g/mol. The van der Waals surface area contributed by atoms with Crippen LogP contribution < -0.4 is 11.1 Å². The maximum Gasteiger partial charge on any atom is 0.259 e. The molecule has 1 amide bonds. The first-order valence-electron chi connectivity index (χ1n) is 5.18. The lowest BCUT2D eigenvalue weighted by Gasteiger charge is -2.09. The topological polar surface area (TPSA) is 88.2 Å². The van der Waals surface area contributed by atoms with E-state index < -0.39 is 5.91 Å². The third-order valence-corrected chi connectivity index (χ3v) is 3.02. The number of benzene rings is 1. The van der Waals surface area contributed by atoms with Crippen molar-refractivity contribution in [2.75, 3.05) is 11.1 Å². The number of anilines is 2. The highest BCUT2D eigenvalue weighted by molar-refractivity contribution is 9.10. The number of phenols is 1. The van der Waals surface area contributed by atoms with Gasteiger partial charge in [0.05, 0.1) is 16.3 Å². The van der Waals surface area contributed by atoms with Gasteiger partial charge in [-0.1, -0.05) is 27.5 Å². The van der Waals surface area contributed by atoms with Crippen LogP contribution in [0, 0.1) is 0 Å². The maximum atomic E-state index is 12.0. The fourth-order valence-corrected chi connectivity index (χ4v) is 1.98. The standard InChI is InChI=1S/C12H9BrClN3O2/c13-6-3-8(11(15)9(18)4-6)12(19)17-10-2-1-7(14)5-16-10/h1-5,18H,15H2,(H,16,17,19). The molecule has 19 heavy (non-hydrogen) atoms. The Morgan fingerprint density at radius 2 is 2.16 bits per heavy atom. The molecule has 0 saturated carbocycles. The molecule has 1 aromatic heterocycles. The smallest absolute Gasteiger partial charge is 0.259 e. The van der Waals surface area contributed by atoms with Gasteiger partial charge >= 0.3 is 0 Å². The normalized spacial score (nSPS) is 10.2. The zero-order valence-corrected chi connectivity index (χ0v) is 11.9. The Morgan fingerprint density at radius 1 is 1.42 bits per heavy atom. The minimum absolute atomic E-state index is 0.00895. The summed E-state index contributed by atoms with van der Waals surface area (Å²) >= 11 is 8.88. The van der Waals surface area contributed by atoms with Crippen LogP contribution in [0.25, 0.3) is 0 Å². The molecule has 2 rings (SSSR count). The SMILES string of the molecule is Nc1c(O)cc(Br)cc1C(=O)Nc1ccc(Cl)cn1. The van der Waals surface area contributed by atoms with E-state index in [0.29, 0.717) is 15.3 Å². The van der Waals surface area contributed by atoms with Crippen LogP contribution in [0.5, 0.6) is 5.75 Å². The van der Waals surface area contributed by atoms with E-state index in [-0.39, 0.29) is 17.0 Å². The Hall–Kier alpha value is -1.79. The summed E-state index contributed by atoms with van der Waals surface area (Å²) in [4.78, 5) is 16.0. The number of hydrogen-bond acceptors (Lipinski definition) is 4. The Morgan fingerprint density at radius 3 is 2.79 bits per heavy atom. The summed E-state index contributed by atoms with van der Waals surface area (Å²) in [7, 11) is 0. The van der Waals surface area contributed by atoms with Crippen molar-refractivity contribution in [3.63, 3.8) is 0 Å². The Labute approximate surface area is 122 Å². The summed E-state index contributed by atoms with van der Waals surface area (Å²) in [5.41, 5.74) is 5.82. The van der Waals surface area contributed by atoms with Gasteiger partial charge in [-0.25, -0.2) is 4.98 Å². The van der Waals surface area contributed by atoms with Crippen molar-refractivity contribution in [2.45, 2.75) is 0 Å². The van der Waals surface area contributed by atoms with Crippen molar-refractivity contribution in [1.82, 2.24) is 4.98 Å². The van der Waals surface area contributed by atoms with Gasteiger partial charge in [-0.3, -0.25) is 4.79 Å². The van der Waals surface area contributed by atoms with Crippen molar-refractivity contribution in [3.05, 3.63) is 45.5 Å². The van der Waals surface area contributed by atoms with E-state index in [4.69, 9.17) is 17.3 Å². The number of halogens is 2. The third kappa shape index (κ3) is 3.15. The van der Waals surface area contributed by atoms with Crippen molar-refractivity contribution in [1.29, 1.82) is 0 Å². The quantitative estimate of drug-likeness (QED) is 0.578. The lowest BCUT2D eigenvalue weighted by atomic mass is 10.1. The number of phenolic OH excluding ortho intramolecular Hbond substituents is 1. The summed E-state index contributed by atoms with van der Waals surface area (Å²) in [6.07, 6.45) is 1.42. The highest BCUT2D eigenvalue weighted by atomic mass is 79.9. The van der Waals surface area contributed by atoms with Crippen LogP contribution in [0.4, 0.5) is 11.5 Å². The molecule has 0 aliphatic heterocycles. The van der Waals surface area contributed by atoms with Gasteiger partial charge in [0.15, 0.2) is 0 Å². The second-order valence-corrected chi connectivity index (χ2v) is 5.05. The summed E-state index contributed by atoms with van der Waals surface area (Å²) in [5, 5.41) is 12.6. The number of amides is 1. The van der Waals surface area contributed by atoms with E-state index in [1.54, 1.807) is 12.1 Å². The summed E-state index contributed by atoms with van der Waals surface area (Å²) < 4.78 is 0.549. The molecule has 98 valence electrons. The molecule has 1 heterocycles. The predicted molar refractivity (Wildman–Crippen MR) is 77.4 cm³/mol. The molecule has 0 aliphatic rings. The first-order valence-corrected chi connectivity index (χ1v) is 6.35. The maximum absolute atomic E-state index is 12.0. The molecular weight excluding hydrogens is 334 g/mol. The van der Waals surface area contributed by atoms with Gasteiger partial charge in [0, 0.05) is 10.7 Å². The molecule has 0 radical (unpaired) electrons. The van der Waals surface area contributed by atoms with Crippen LogP contribution in [0.2, 0.25) is 5.02 Å². The summed E-state index contributed by atoms with van der Waals surface area (Å²) in [6, 6.07) is 6.09. The molecule has 0 spiro atoms. The number of hydrogen-bond donors (Lipinski definition) is 3. The molecule has 5 nitrogen and oxygen atoms in total. The van der Waals surface area contributed by atoms with E-state index in [0.717, 1.165) is 0 Å². The van der Waals surface area contributed by atoms with Gasteiger partial charge in [0.1, 0.15) is 11.6 Å². The number of aromatic hydroxyl groups is 1. The number of carbonyl (C=O) groups excluding carboxylic acids is 1. The van der Waals surface area contributed by atoms with E-state index in [2.05, 4.69) is 26.2 Å². The molecule has 0 saturated heterocycles. The largest absolute Gasteiger partial charge is 0.506 e. The van der Waals surface area contributed by atoms with Gasteiger partial charge in [0.25, 0.3) is 5.91 Å². The predicted octanol–water partition coefficient (Wildman–Crippen LogP) is 3.04. The number of nitrogens with two attached hydrogens (primary N) is 1. The fourth-order valence-electron chi connectivity index (χ4n) is 1.42. The molecule has 0 unspecified atom stereocenters. The molecule has 2 aromatic rings. The van der Waals surface area contributed by atoms with Gasteiger partial charge in [-0.05, 0) is 24.3 Å². The van der Waals surface area contributed by atoms with Crippen molar-refractivity contribution in [2.24, 2.45) is 0 Å². The summed E-state index contributed by atoms with van der Waals surface area (Å²) in [6.45, 7) is 0. The van der Waals surface area contributed by atoms with Crippen molar-refractivity contribution in [3.8, 4) is 5.75 Å². The van der Waals surface area contributed by atoms with E-state index in [9.17, 15) is 9.90 Å². The Kier molecular flexibility index (Phi) is 3.92. The van der Waals surface area contributed by atoms with Crippen LogP contribution in [-0.4, -0.2) is 16.0 Å². The molecule has 7 heteroatoms. The highest BCUT2D eigenvalue weighted by Gasteiger charge is 2.14. The number of nitrogens with zero attached hydrogens (tertiary/aromatic N) is 1. The average Bonchev–Trinajstić information content (AvgIpc) is 2.36. The highest BCUT2D eigenvalue weighted by Crippen LogP contribution is 2.29. The van der Waals surface area contributed by atoms with E-state index in [1.165, 1.54) is 18.3 Å². The van der Waals surface area contributed by atoms with Crippen LogP contribution in [0.3, 0.4) is 0 Å². The zero-order valence-electron chi connectivity index (χ0n) is 9.52. The second-order valence-electron chi connectivity index (χ2n) is 3.70. The number of nitrogens with one attached hydrogen (secondary N) is 1. The van der Waals surface area contributed by atoms with Crippen LogP contribution in [0.15, 0.2) is 34.9 Å². The van der Waals surface area contributed by atoms with Gasteiger partial charge in [-0.2, -0.15) is 0 Å². The minimum atomic E-state index is -0.469. The number of rotatable bonds is 2. The Balaban J connectivity index is 2.27. The number of nitrogen functional groups attached to an aromatic ring is 1. The minimum Gasteiger partial charge on any atom is -0.506 e. The molecule has 4 N–H and O–H groups in total. The third-order valence-electron chi connectivity index (χ3n) is 2.34. The lowest BCUT2D eigenvalue weighted by molar-refractivity contribution is 0.102. The molecule has 0 aliphatic carbocycles. The number of aromatic nitrogens is 1. The molecule has 0 atom stereocenters.